The Morgan fingerprint density at radius 1 is 1.19 bits per heavy atom. The Kier molecular flexibility index (Phi) is 4.96. The van der Waals surface area contributed by atoms with Gasteiger partial charge in [0.05, 0.1) is 0 Å². The molecule has 114 valence electrons. The third-order valence-corrected chi connectivity index (χ3v) is 5.65. The smallest absolute Gasteiger partial charge is 0.225 e. The number of aryl methyl sites for hydroxylation is 1. The molecule has 0 spiro atoms. The number of rotatable bonds is 3. The predicted molar refractivity (Wildman–Crippen MR) is 91.5 cm³/mol. The number of nitrogens with one attached hydrogen (secondary N) is 1. The van der Waals surface area contributed by atoms with Gasteiger partial charge in [-0.1, -0.05) is 50.6 Å². The molecule has 0 bridgehead atoms. The molecule has 2 aromatic rings. The van der Waals surface area contributed by atoms with E-state index in [1.165, 1.54) is 49.8 Å². The van der Waals surface area contributed by atoms with Gasteiger partial charge in [0.25, 0.3) is 0 Å². The molecule has 0 radical (unpaired) electrons. The van der Waals surface area contributed by atoms with Gasteiger partial charge in [0.1, 0.15) is 9.98 Å². The molecular weight excluding hydrogens is 302 g/mol. The van der Waals surface area contributed by atoms with E-state index in [1.807, 2.05) is 0 Å². The highest BCUT2D eigenvalue weighted by Crippen LogP contribution is 2.30. The van der Waals surface area contributed by atoms with Crippen molar-refractivity contribution in [2.45, 2.75) is 64.3 Å². The van der Waals surface area contributed by atoms with Crippen LogP contribution >= 0.6 is 22.9 Å². The lowest BCUT2D eigenvalue weighted by Crippen LogP contribution is -2.21. The lowest BCUT2D eigenvalue weighted by atomic mass is 9.97. The van der Waals surface area contributed by atoms with E-state index < -0.39 is 0 Å². The number of halogens is 1. The maximum absolute atomic E-state index is 6.32. The first-order valence-electron chi connectivity index (χ1n) is 7.98. The fourth-order valence-corrected chi connectivity index (χ4v) is 4.21. The summed E-state index contributed by atoms with van der Waals surface area (Å²) in [5.74, 6) is 0.697. The maximum Gasteiger partial charge on any atom is 0.225 e. The van der Waals surface area contributed by atoms with Crippen molar-refractivity contribution in [1.29, 1.82) is 0 Å². The molecule has 0 aromatic carbocycles. The van der Waals surface area contributed by atoms with Crippen molar-refractivity contribution in [3.8, 4) is 0 Å². The van der Waals surface area contributed by atoms with E-state index in [0.29, 0.717) is 17.1 Å². The van der Waals surface area contributed by atoms with Crippen LogP contribution in [0.25, 0.3) is 10.2 Å². The zero-order valence-electron chi connectivity index (χ0n) is 12.5. The molecule has 1 saturated carbocycles. The van der Waals surface area contributed by atoms with Crippen molar-refractivity contribution >= 4 is 39.1 Å². The van der Waals surface area contributed by atoms with Crippen molar-refractivity contribution < 1.29 is 0 Å². The number of thiophene rings is 1. The highest BCUT2D eigenvalue weighted by molar-refractivity contribution is 7.18. The van der Waals surface area contributed by atoms with E-state index >= 15 is 0 Å². The number of fused-ring (bicyclic) bond motifs is 1. The Morgan fingerprint density at radius 3 is 2.62 bits per heavy atom. The number of aromatic nitrogens is 2. The molecule has 3 rings (SSSR count). The van der Waals surface area contributed by atoms with Gasteiger partial charge in [-0.3, -0.25) is 0 Å². The molecule has 1 aliphatic carbocycles. The van der Waals surface area contributed by atoms with Gasteiger partial charge < -0.3 is 5.32 Å². The minimum absolute atomic E-state index is 0.490. The van der Waals surface area contributed by atoms with Crippen LogP contribution in [0.3, 0.4) is 0 Å². The molecule has 21 heavy (non-hydrogen) atoms. The quantitative estimate of drug-likeness (QED) is 0.765. The molecular formula is C16H22ClN3S. The van der Waals surface area contributed by atoms with Gasteiger partial charge in [-0.25, -0.2) is 9.97 Å². The molecule has 1 N–H and O–H groups in total. The summed E-state index contributed by atoms with van der Waals surface area (Å²) in [5.41, 5.74) is 0. The molecule has 0 saturated heterocycles. The molecule has 0 aliphatic heterocycles. The summed E-state index contributed by atoms with van der Waals surface area (Å²) < 4.78 is 0. The monoisotopic (exact) mass is 323 g/mol. The lowest BCUT2D eigenvalue weighted by Gasteiger charge is -2.21. The number of nitrogens with zero attached hydrogens (tertiary/aromatic N) is 2. The van der Waals surface area contributed by atoms with Crippen LogP contribution < -0.4 is 5.32 Å². The third-order valence-electron chi connectivity index (χ3n) is 4.18. The zero-order chi connectivity index (χ0) is 14.7. The van der Waals surface area contributed by atoms with Gasteiger partial charge in [-0.2, -0.15) is 0 Å². The fourth-order valence-electron chi connectivity index (χ4n) is 2.96. The average Bonchev–Trinajstić information content (AvgIpc) is 2.85. The molecule has 0 amide bonds. The Balaban J connectivity index is 1.79. The van der Waals surface area contributed by atoms with E-state index in [1.54, 1.807) is 11.3 Å². The minimum Gasteiger partial charge on any atom is -0.351 e. The van der Waals surface area contributed by atoms with Crippen LogP contribution in [-0.4, -0.2) is 16.0 Å². The summed E-state index contributed by atoms with van der Waals surface area (Å²) >= 11 is 8.04. The van der Waals surface area contributed by atoms with Crippen molar-refractivity contribution in [3.63, 3.8) is 0 Å². The van der Waals surface area contributed by atoms with Gasteiger partial charge in [-0.05, 0) is 25.3 Å². The second-order valence-corrected chi connectivity index (χ2v) is 7.28. The zero-order valence-corrected chi connectivity index (χ0v) is 14.1. The Morgan fingerprint density at radius 2 is 1.90 bits per heavy atom. The standard InChI is InChI=1S/C16H22ClN3S/c1-2-12-10-13-14(17)19-16(20-15(13)21-12)18-11-8-6-4-3-5-7-9-11/h10-11H,2-9H2,1H3,(H,18,19,20). The van der Waals surface area contributed by atoms with Gasteiger partial charge in [0, 0.05) is 16.3 Å². The van der Waals surface area contributed by atoms with Gasteiger partial charge in [-0.15, -0.1) is 11.3 Å². The number of anilines is 1. The molecule has 0 unspecified atom stereocenters. The average molecular weight is 324 g/mol. The lowest BCUT2D eigenvalue weighted by molar-refractivity contribution is 0.470. The van der Waals surface area contributed by atoms with Crippen LogP contribution in [0, 0.1) is 0 Å². The molecule has 5 heteroatoms. The van der Waals surface area contributed by atoms with E-state index in [-0.39, 0.29) is 0 Å². The minimum atomic E-state index is 0.490. The van der Waals surface area contributed by atoms with Crippen molar-refractivity contribution in [2.75, 3.05) is 5.32 Å². The summed E-state index contributed by atoms with van der Waals surface area (Å²) in [6.45, 7) is 2.15. The Labute approximate surface area is 135 Å². The summed E-state index contributed by atoms with van der Waals surface area (Å²) in [5, 5.41) is 5.07. The normalized spacial score (nSPS) is 17.6. The van der Waals surface area contributed by atoms with E-state index in [4.69, 9.17) is 11.6 Å². The summed E-state index contributed by atoms with van der Waals surface area (Å²) in [6.07, 6.45) is 10.1. The van der Waals surface area contributed by atoms with Crippen molar-refractivity contribution in [1.82, 2.24) is 9.97 Å². The maximum atomic E-state index is 6.32. The Bertz CT molecular complexity index is 603. The van der Waals surface area contributed by atoms with Crippen molar-refractivity contribution in [3.05, 3.63) is 16.1 Å². The highest BCUT2D eigenvalue weighted by Gasteiger charge is 2.15. The first-order chi connectivity index (χ1) is 10.3. The number of hydrogen-bond donors (Lipinski definition) is 1. The van der Waals surface area contributed by atoms with E-state index in [9.17, 15) is 0 Å². The summed E-state index contributed by atoms with van der Waals surface area (Å²) in [4.78, 5) is 11.4. The predicted octanol–water partition coefficient (Wildman–Crippen LogP) is 5.43. The van der Waals surface area contributed by atoms with Crippen LogP contribution in [0.2, 0.25) is 5.15 Å². The third kappa shape index (κ3) is 3.67. The van der Waals surface area contributed by atoms with Crippen LogP contribution in [-0.2, 0) is 6.42 Å². The fraction of sp³-hybridized carbons (Fsp3) is 0.625. The van der Waals surface area contributed by atoms with Crippen molar-refractivity contribution in [2.24, 2.45) is 0 Å². The largest absolute Gasteiger partial charge is 0.351 e. The first-order valence-corrected chi connectivity index (χ1v) is 9.18. The molecule has 3 nitrogen and oxygen atoms in total. The van der Waals surface area contributed by atoms with Crippen LogP contribution in [0.5, 0.6) is 0 Å². The van der Waals surface area contributed by atoms with Gasteiger partial charge >= 0.3 is 0 Å². The van der Waals surface area contributed by atoms with Gasteiger partial charge in [0.15, 0.2) is 0 Å². The van der Waals surface area contributed by atoms with Crippen LogP contribution in [0.1, 0.15) is 56.7 Å². The second-order valence-electron chi connectivity index (χ2n) is 5.81. The molecule has 2 heterocycles. The molecule has 1 aliphatic rings. The molecule has 0 atom stereocenters. The van der Waals surface area contributed by atoms with E-state index in [0.717, 1.165) is 16.6 Å². The summed E-state index contributed by atoms with van der Waals surface area (Å²) in [6, 6.07) is 2.60. The SMILES string of the molecule is CCc1cc2c(Cl)nc(NC3CCCCCCC3)nc2s1. The Hall–Kier alpha value is -0.870. The number of hydrogen-bond acceptors (Lipinski definition) is 4. The topological polar surface area (TPSA) is 37.8 Å². The first kappa shape index (κ1) is 15.0. The highest BCUT2D eigenvalue weighted by atomic mass is 35.5. The summed E-state index contributed by atoms with van der Waals surface area (Å²) in [7, 11) is 0. The van der Waals surface area contributed by atoms with E-state index in [2.05, 4.69) is 28.3 Å². The molecule has 2 aromatic heterocycles. The molecule has 1 fully saturated rings. The van der Waals surface area contributed by atoms with Gasteiger partial charge in [0.2, 0.25) is 5.95 Å². The second kappa shape index (κ2) is 6.93. The van der Waals surface area contributed by atoms with Crippen LogP contribution in [0.15, 0.2) is 6.07 Å². The van der Waals surface area contributed by atoms with Crippen LogP contribution in [0.4, 0.5) is 5.95 Å².